The van der Waals surface area contributed by atoms with Crippen molar-refractivity contribution >= 4 is 40.5 Å². The molecular weight excluding hydrogens is 280 g/mol. The van der Waals surface area contributed by atoms with E-state index in [1.54, 1.807) is 6.07 Å². The molecule has 0 spiro atoms. The Morgan fingerprint density at radius 1 is 1.37 bits per heavy atom. The third-order valence-corrected chi connectivity index (χ3v) is 2.83. The molecule has 0 fully saturated rings. The molecule has 0 saturated heterocycles. The van der Waals surface area contributed by atoms with E-state index in [1.165, 1.54) is 0 Å². The topological polar surface area (TPSA) is 41.1 Å². The van der Waals surface area contributed by atoms with Crippen LogP contribution in [0.4, 0.5) is 5.69 Å². The lowest BCUT2D eigenvalue weighted by molar-refractivity contribution is -0.121. The van der Waals surface area contributed by atoms with E-state index in [1.807, 2.05) is 39.8 Å². The van der Waals surface area contributed by atoms with Gasteiger partial charge in [-0.2, -0.15) is 0 Å². The van der Waals surface area contributed by atoms with Gasteiger partial charge in [0.1, 0.15) is 0 Å². The summed E-state index contributed by atoms with van der Waals surface area (Å²) in [6, 6.07) is 5.48. The molecule has 0 aliphatic carbocycles. The van der Waals surface area contributed by atoms with E-state index in [2.05, 4.69) is 10.6 Å². The lowest BCUT2D eigenvalue weighted by Gasteiger charge is -2.18. The van der Waals surface area contributed by atoms with Crippen LogP contribution in [0.1, 0.15) is 32.8 Å². The SMILES string of the molecule is Cc1ccc(Cl)cc1NC(=S)NC(=O)CC(C)(C)C. The maximum atomic E-state index is 11.7. The number of amides is 1. The molecule has 1 aromatic rings. The Morgan fingerprint density at radius 3 is 2.58 bits per heavy atom. The number of hydrogen-bond acceptors (Lipinski definition) is 2. The number of benzene rings is 1. The Morgan fingerprint density at radius 2 is 2.00 bits per heavy atom. The van der Waals surface area contributed by atoms with Crippen LogP contribution in [0.3, 0.4) is 0 Å². The normalized spacial score (nSPS) is 11.0. The lowest BCUT2D eigenvalue weighted by Crippen LogP contribution is -2.36. The van der Waals surface area contributed by atoms with Crippen molar-refractivity contribution in [3.63, 3.8) is 0 Å². The Labute approximate surface area is 124 Å². The molecule has 104 valence electrons. The van der Waals surface area contributed by atoms with Gasteiger partial charge in [-0.1, -0.05) is 38.4 Å². The second-order valence-corrected chi connectivity index (χ2v) is 6.54. The van der Waals surface area contributed by atoms with Crippen LogP contribution < -0.4 is 10.6 Å². The van der Waals surface area contributed by atoms with E-state index in [4.69, 9.17) is 23.8 Å². The maximum absolute atomic E-state index is 11.7. The fourth-order valence-corrected chi connectivity index (χ4v) is 1.93. The molecule has 0 bridgehead atoms. The molecule has 0 radical (unpaired) electrons. The second-order valence-electron chi connectivity index (χ2n) is 5.70. The number of aryl methyl sites for hydroxylation is 1. The first-order valence-electron chi connectivity index (χ1n) is 6.04. The molecule has 0 heterocycles. The molecule has 0 aliphatic heterocycles. The van der Waals surface area contributed by atoms with Crippen molar-refractivity contribution < 1.29 is 4.79 Å². The van der Waals surface area contributed by atoms with Gasteiger partial charge in [0.05, 0.1) is 0 Å². The number of carbonyl (C=O) groups excluding carboxylic acids is 1. The van der Waals surface area contributed by atoms with E-state index >= 15 is 0 Å². The minimum Gasteiger partial charge on any atom is -0.332 e. The number of rotatable bonds is 2. The van der Waals surface area contributed by atoms with Gasteiger partial charge in [-0.25, -0.2) is 0 Å². The minimum absolute atomic E-state index is 0.0638. The summed E-state index contributed by atoms with van der Waals surface area (Å²) in [7, 11) is 0. The van der Waals surface area contributed by atoms with Gasteiger partial charge in [0, 0.05) is 17.1 Å². The molecule has 0 saturated carbocycles. The van der Waals surface area contributed by atoms with Gasteiger partial charge in [0.25, 0.3) is 0 Å². The molecule has 2 N–H and O–H groups in total. The highest BCUT2D eigenvalue weighted by atomic mass is 35.5. The van der Waals surface area contributed by atoms with E-state index in [0.717, 1.165) is 11.3 Å². The molecule has 5 heteroatoms. The predicted octanol–water partition coefficient (Wildman–Crippen LogP) is 3.90. The van der Waals surface area contributed by atoms with Gasteiger partial charge in [-0.3, -0.25) is 4.79 Å². The third kappa shape index (κ3) is 6.03. The number of carbonyl (C=O) groups is 1. The summed E-state index contributed by atoms with van der Waals surface area (Å²) in [6.07, 6.45) is 0.420. The third-order valence-electron chi connectivity index (χ3n) is 2.39. The molecule has 0 aliphatic rings. The van der Waals surface area contributed by atoms with Gasteiger partial charge in [0.2, 0.25) is 5.91 Å². The van der Waals surface area contributed by atoms with Crippen LogP contribution in [0.2, 0.25) is 5.02 Å². The fraction of sp³-hybridized carbons (Fsp3) is 0.429. The van der Waals surface area contributed by atoms with Crippen molar-refractivity contribution in [2.45, 2.75) is 34.1 Å². The van der Waals surface area contributed by atoms with Gasteiger partial charge in [-0.05, 0) is 42.3 Å². The zero-order chi connectivity index (χ0) is 14.6. The summed E-state index contributed by atoms with van der Waals surface area (Å²) in [5, 5.41) is 6.57. The van der Waals surface area contributed by atoms with E-state index in [9.17, 15) is 4.79 Å². The molecule has 0 atom stereocenters. The van der Waals surface area contributed by atoms with Crippen LogP contribution >= 0.6 is 23.8 Å². The minimum atomic E-state index is -0.0929. The first kappa shape index (κ1) is 15.9. The summed E-state index contributed by atoms with van der Waals surface area (Å²) >= 11 is 11.0. The van der Waals surface area contributed by atoms with Crippen LogP contribution in [-0.4, -0.2) is 11.0 Å². The molecule has 3 nitrogen and oxygen atoms in total. The van der Waals surface area contributed by atoms with Crippen molar-refractivity contribution in [2.24, 2.45) is 5.41 Å². The van der Waals surface area contributed by atoms with Crippen LogP contribution in [-0.2, 0) is 4.79 Å². The zero-order valence-corrected chi connectivity index (χ0v) is 13.2. The largest absolute Gasteiger partial charge is 0.332 e. The lowest BCUT2D eigenvalue weighted by atomic mass is 9.92. The van der Waals surface area contributed by atoms with Crippen molar-refractivity contribution in [1.29, 1.82) is 0 Å². The van der Waals surface area contributed by atoms with E-state index in [0.29, 0.717) is 16.6 Å². The summed E-state index contributed by atoms with van der Waals surface area (Å²) < 4.78 is 0. The average Bonchev–Trinajstić information content (AvgIpc) is 2.20. The number of halogens is 1. The predicted molar refractivity (Wildman–Crippen MR) is 84.6 cm³/mol. The van der Waals surface area contributed by atoms with Crippen LogP contribution in [0.25, 0.3) is 0 Å². The summed E-state index contributed by atoms with van der Waals surface area (Å²) in [6.45, 7) is 7.96. The van der Waals surface area contributed by atoms with Gasteiger partial charge in [0.15, 0.2) is 5.11 Å². The molecular formula is C14H19ClN2OS. The van der Waals surface area contributed by atoms with Gasteiger partial charge in [-0.15, -0.1) is 0 Å². The van der Waals surface area contributed by atoms with Gasteiger partial charge < -0.3 is 10.6 Å². The Balaban J connectivity index is 2.61. The molecule has 0 unspecified atom stereocenters. The first-order chi connectivity index (χ1) is 8.67. The number of thiocarbonyl (C=S) groups is 1. The number of hydrogen-bond donors (Lipinski definition) is 2. The van der Waals surface area contributed by atoms with E-state index in [-0.39, 0.29) is 11.3 Å². The highest BCUT2D eigenvalue weighted by molar-refractivity contribution is 7.80. The first-order valence-corrected chi connectivity index (χ1v) is 6.83. The fourth-order valence-electron chi connectivity index (χ4n) is 1.53. The Kier molecular flexibility index (Phi) is 5.32. The average molecular weight is 299 g/mol. The smallest absolute Gasteiger partial charge is 0.226 e. The summed E-state index contributed by atoms with van der Waals surface area (Å²) in [4.78, 5) is 11.7. The van der Waals surface area contributed by atoms with Crippen molar-refractivity contribution in [1.82, 2.24) is 5.32 Å². The maximum Gasteiger partial charge on any atom is 0.226 e. The van der Waals surface area contributed by atoms with Crippen LogP contribution in [0.15, 0.2) is 18.2 Å². The molecule has 19 heavy (non-hydrogen) atoms. The van der Waals surface area contributed by atoms with Crippen molar-refractivity contribution in [2.75, 3.05) is 5.32 Å². The monoisotopic (exact) mass is 298 g/mol. The molecule has 1 rings (SSSR count). The number of nitrogens with one attached hydrogen (secondary N) is 2. The Bertz CT molecular complexity index is 495. The number of anilines is 1. The molecule has 0 aromatic heterocycles. The quantitative estimate of drug-likeness (QED) is 0.814. The highest BCUT2D eigenvalue weighted by Crippen LogP contribution is 2.20. The highest BCUT2D eigenvalue weighted by Gasteiger charge is 2.16. The standard InChI is InChI=1S/C14H19ClN2OS/c1-9-5-6-10(15)7-11(9)16-13(19)17-12(18)8-14(2,3)4/h5-7H,8H2,1-4H3,(H2,16,17,18,19). The molecule has 1 amide bonds. The Hall–Kier alpha value is -1.13. The van der Waals surface area contributed by atoms with Crippen LogP contribution in [0.5, 0.6) is 0 Å². The van der Waals surface area contributed by atoms with E-state index < -0.39 is 0 Å². The van der Waals surface area contributed by atoms with Crippen LogP contribution in [0, 0.1) is 12.3 Å². The van der Waals surface area contributed by atoms with Gasteiger partial charge >= 0.3 is 0 Å². The second kappa shape index (κ2) is 6.35. The summed E-state index contributed by atoms with van der Waals surface area (Å²) in [5.74, 6) is -0.0929. The van der Waals surface area contributed by atoms with Crippen molar-refractivity contribution in [3.05, 3.63) is 28.8 Å². The molecule has 1 aromatic carbocycles. The van der Waals surface area contributed by atoms with Crippen molar-refractivity contribution in [3.8, 4) is 0 Å². The summed E-state index contributed by atoms with van der Waals surface area (Å²) in [5.41, 5.74) is 1.75. The zero-order valence-electron chi connectivity index (χ0n) is 11.6.